The van der Waals surface area contributed by atoms with Gasteiger partial charge in [-0.1, -0.05) is 34.6 Å². The van der Waals surface area contributed by atoms with Crippen molar-refractivity contribution in [1.82, 2.24) is 0 Å². The summed E-state index contributed by atoms with van der Waals surface area (Å²) in [6, 6.07) is 0. The number of hydrogen-bond donors (Lipinski definition) is 0. The summed E-state index contributed by atoms with van der Waals surface area (Å²) >= 11 is 0. The summed E-state index contributed by atoms with van der Waals surface area (Å²) in [6.07, 6.45) is 0.132. The molecule has 0 heterocycles. The third-order valence-corrected chi connectivity index (χ3v) is 2.34. The van der Waals surface area contributed by atoms with E-state index in [1.54, 1.807) is 20.8 Å². The average Bonchev–Trinajstić information content (AvgIpc) is 2.32. The molecule has 0 amide bonds. The molecular weight excluding hydrogens is 232 g/mol. The van der Waals surface area contributed by atoms with Gasteiger partial charge >= 0.3 is 0 Å². The Balaban J connectivity index is 0.00000121. The average molecular weight is 250 g/mol. The molecule has 1 aromatic rings. The van der Waals surface area contributed by atoms with Gasteiger partial charge in [-0.05, 0) is 23.5 Å². The molecule has 0 aliphatic heterocycles. The third-order valence-electron chi connectivity index (χ3n) is 2.34. The molecule has 0 radical (unpaired) electrons. The highest BCUT2D eigenvalue weighted by molar-refractivity contribution is 5.34. The summed E-state index contributed by atoms with van der Waals surface area (Å²) in [5, 5.41) is 0. The lowest BCUT2D eigenvalue weighted by Gasteiger charge is -2.14. The first kappa shape index (κ1) is 15.9. The van der Waals surface area contributed by atoms with E-state index in [0.29, 0.717) is 0 Å². The number of hydrogen-bond acceptors (Lipinski definition) is 0. The summed E-state index contributed by atoms with van der Waals surface area (Å²) in [7, 11) is 0. The van der Waals surface area contributed by atoms with Crippen molar-refractivity contribution in [2.75, 3.05) is 0 Å². The van der Waals surface area contributed by atoms with Crippen molar-refractivity contribution in [3.8, 4) is 0 Å². The van der Waals surface area contributed by atoms with Crippen molar-refractivity contribution in [2.24, 2.45) is 0 Å². The molecule has 0 atom stereocenters. The molecule has 4 heteroatoms. The minimum absolute atomic E-state index is 0.0751. The van der Waals surface area contributed by atoms with Crippen LogP contribution in [0.25, 0.3) is 0 Å². The highest BCUT2D eigenvalue weighted by Crippen LogP contribution is 2.29. The fraction of sp³-hybridized carbons (Fsp3) is 0.538. The zero-order valence-corrected chi connectivity index (χ0v) is 10.8. The Labute approximate surface area is 99.7 Å². The zero-order chi connectivity index (χ0) is 13.7. The van der Waals surface area contributed by atoms with Gasteiger partial charge in [-0.3, -0.25) is 0 Å². The van der Waals surface area contributed by atoms with Gasteiger partial charge in [0.2, 0.25) is 0 Å². The standard InChI is InChI=1S/C11H12F4.C2H6/c1-4-6-7(5(2)3)9(13)11(15)10(14)8(6)12;1-2/h5H,4H2,1-3H3;1-2H3. The van der Waals surface area contributed by atoms with E-state index in [0.717, 1.165) is 0 Å². The largest absolute Gasteiger partial charge is 0.203 e. The first-order valence-electron chi connectivity index (χ1n) is 5.76. The van der Waals surface area contributed by atoms with E-state index in [2.05, 4.69) is 0 Å². The van der Waals surface area contributed by atoms with Crippen LogP contribution in [-0.4, -0.2) is 0 Å². The summed E-state index contributed by atoms with van der Waals surface area (Å²) in [4.78, 5) is 0. The van der Waals surface area contributed by atoms with Crippen LogP contribution in [0.1, 0.15) is 51.7 Å². The molecule has 1 rings (SSSR count). The predicted molar refractivity (Wildman–Crippen MR) is 61.1 cm³/mol. The second-order valence-corrected chi connectivity index (χ2v) is 3.66. The molecule has 0 N–H and O–H groups in total. The molecule has 0 nitrogen and oxygen atoms in total. The van der Waals surface area contributed by atoms with Crippen LogP contribution in [0.2, 0.25) is 0 Å². The summed E-state index contributed by atoms with van der Waals surface area (Å²) in [5.41, 5.74) is -0.157. The molecule has 0 bridgehead atoms. The van der Waals surface area contributed by atoms with Gasteiger partial charge in [0.05, 0.1) is 0 Å². The van der Waals surface area contributed by atoms with Crippen LogP contribution < -0.4 is 0 Å². The molecule has 0 saturated heterocycles. The molecule has 17 heavy (non-hydrogen) atoms. The molecule has 0 aliphatic rings. The molecule has 98 valence electrons. The van der Waals surface area contributed by atoms with Gasteiger partial charge in [-0.25, -0.2) is 17.6 Å². The molecule has 0 saturated carbocycles. The number of halogens is 4. The minimum Gasteiger partial charge on any atom is -0.203 e. The topological polar surface area (TPSA) is 0 Å². The highest BCUT2D eigenvalue weighted by atomic mass is 19.2. The molecule has 0 aromatic heterocycles. The maximum absolute atomic E-state index is 13.4. The number of benzene rings is 1. The van der Waals surface area contributed by atoms with E-state index < -0.39 is 23.3 Å². The Kier molecular flexibility index (Phi) is 6.21. The van der Waals surface area contributed by atoms with E-state index in [9.17, 15) is 17.6 Å². The van der Waals surface area contributed by atoms with Gasteiger partial charge in [-0.2, -0.15) is 0 Å². The maximum Gasteiger partial charge on any atom is 0.197 e. The van der Waals surface area contributed by atoms with E-state index in [1.807, 2.05) is 13.8 Å². The normalized spacial score (nSPS) is 10.2. The van der Waals surface area contributed by atoms with E-state index in [1.165, 1.54) is 0 Å². The van der Waals surface area contributed by atoms with Gasteiger partial charge in [0.25, 0.3) is 0 Å². The van der Waals surface area contributed by atoms with Crippen LogP contribution in [0.5, 0.6) is 0 Å². The highest BCUT2D eigenvalue weighted by Gasteiger charge is 2.25. The monoisotopic (exact) mass is 250 g/mol. The van der Waals surface area contributed by atoms with Crippen molar-refractivity contribution >= 4 is 0 Å². The molecule has 0 spiro atoms. The Morgan fingerprint density at radius 1 is 0.824 bits per heavy atom. The van der Waals surface area contributed by atoms with Crippen molar-refractivity contribution in [3.05, 3.63) is 34.4 Å². The Morgan fingerprint density at radius 2 is 1.24 bits per heavy atom. The summed E-state index contributed by atoms with van der Waals surface area (Å²) in [6.45, 7) is 8.78. The second kappa shape index (κ2) is 6.62. The van der Waals surface area contributed by atoms with Gasteiger partial charge in [0.15, 0.2) is 23.3 Å². The molecule has 1 aromatic carbocycles. The number of rotatable bonds is 2. The van der Waals surface area contributed by atoms with Crippen molar-refractivity contribution in [2.45, 2.75) is 47.0 Å². The molecule has 0 fully saturated rings. The van der Waals surface area contributed by atoms with Gasteiger partial charge in [-0.15, -0.1) is 0 Å². The van der Waals surface area contributed by atoms with Gasteiger partial charge < -0.3 is 0 Å². The maximum atomic E-state index is 13.4. The lowest BCUT2D eigenvalue weighted by atomic mass is 9.94. The molecular formula is C13H18F4. The SMILES string of the molecule is CC.CCc1c(F)c(F)c(F)c(F)c1C(C)C. The van der Waals surface area contributed by atoms with Crippen LogP contribution in [0.3, 0.4) is 0 Å². The van der Waals surface area contributed by atoms with Gasteiger partial charge in [0, 0.05) is 0 Å². The van der Waals surface area contributed by atoms with Crippen LogP contribution in [0, 0.1) is 23.3 Å². The minimum atomic E-state index is -1.73. The first-order valence-corrected chi connectivity index (χ1v) is 5.76. The molecule has 0 unspecified atom stereocenters. The van der Waals surface area contributed by atoms with Crippen LogP contribution in [-0.2, 0) is 6.42 Å². The Bertz CT molecular complexity index is 384. The third kappa shape index (κ3) is 2.99. The quantitative estimate of drug-likeness (QED) is 0.395. The lowest BCUT2D eigenvalue weighted by Crippen LogP contribution is -2.09. The summed E-state index contributed by atoms with van der Waals surface area (Å²) < 4.78 is 52.5. The van der Waals surface area contributed by atoms with Crippen LogP contribution in [0.15, 0.2) is 0 Å². The zero-order valence-electron chi connectivity index (χ0n) is 10.8. The predicted octanol–water partition coefficient (Wildman–Crippen LogP) is 4.96. The van der Waals surface area contributed by atoms with E-state index in [4.69, 9.17) is 0 Å². The van der Waals surface area contributed by atoms with Crippen molar-refractivity contribution in [1.29, 1.82) is 0 Å². The van der Waals surface area contributed by atoms with Crippen LogP contribution >= 0.6 is 0 Å². The second-order valence-electron chi connectivity index (χ2n) is 3.66. The first-order chi connectivity index (χ1) is 7.91. The van der Waals surface area contributed by atoms with Gasteiger partial charge in [0.1, 0.15) is 0 Å². The van der Waals surface area contributed by atoms with Crippen molar-refractivity contribution < 1.29 is 17.6 Å². The Morgan fingerprint density at radius 3 is 1.59 bits per heavy atom. The van der Waals surface area contributed by atoms with Crippen molar-refractivity contribution in [3.63, 3.8) is 0 Å². The summed E-state index contributed by atoms with van der Waals surface area (Å²) in [5.74, 6) is -6.40. The lowest BCUT2D eigenvalue weighted by molar-refractivity contribution is 0.396. The smallest absolute Gasteiger partial charge is 0.197 e. The Hall–Kier alpha value is -1.06. The van der Waals surface area contributed by atoms with E-state index in [-0.39, 0.29) is 23.5 Å². The fourth-order valence-electron chi connectivity index (χ4n) is 1.64. The van der Waals surface area contributed by atoms with E-state index >= 15 is 0 Å². The fourth-order valence-corrected chi connectivity index (χ4v) is 1.64. The molecule has 0 aliphatic carbocycles. The van der Waals surface area contributed by atoms with Crippen LogP contribution in [0.4, 0.5) is 17.6 Å².